The third-order valence-corrected chi connectivity index (χ3v) is 3.48. The molecule has 2 rings (SSSR count). The van der Waals surface area contributed by atoms with Gasteiger partial charge in [-0.25, -0.2) is 0 Å². The van der Waals surface area contributed by atoms with E-state index in [0.717, 1.165) is 12.4 Å². The van der Waals surface area contributed by atoms with E-state index in [1.165, 1.54) is 38.9 Å². The van der Waals surface area contributed by atoms with Crippen LogP contribution in [-0.4, -0.2) is 45.3 Å². The molecule has 1 N–H and O–H groups in total. The molecule has 0 unspecified atom stereocenters. The molecule has 1 saturated heterocycles. The van der Waals surface area contributed by atoms with Crippen LogP contribution in [0.3, 0.4) is 0 Å². The Bertz CT molecular complexity index is 327. The third kappa shape index (κ3) is 3.51. The van der Waals surface area contributed by atoms with E-state index in [-0.39, 0.29) is 0 Å². The molecule has 17 heavy (non-hydrogen) atoms. The lowest BCUT2D eigenvalue weighted by molar-refractivity contribution is 0.197. The van der Waals surface area contributed by atoms with E-state index in [1.54, 1.807) is 6.33 Å². The summed E-state index contributed by atoms with van der Waals surface area (Å²) in [6.45, 7) is 6.78. The van der Waals surface area contributed by atoms with Gasteiger partial charge in [-0.2, -0.15) is 0 Å². The molecular weight excluding hydrogens is 214 g/mol. The Balaban J connectivity index is 1.70. The summed E-state index contributed by atoms with van der Waals surface area (Å²) in [5.41, 5.74) is 0. The second-order valence-corrected chi connectivity index (χ2v) is 4.85. The minimum atomic E-state index is 0.639. The van der Waals surface area contributed by atoms with Crippen LogP contribution in [0.4, 0.5) is 0 Å². The van der Waals surface area contributed by atoms with Gasteiger partial charge in [0.2, 0.25) is 0 Å². The van der Waals surface area contributed by atoms with Crippen molar-refractivity contribution in [3.63, 3.8) is 0 Å². The Kier molecular flexibility index (Phi) is 4.50. The first-order chi connectivity index (χ1) is 8.29. The molecule has 0 saturated carbocycles. The molecule has 1 fully saturated rings. The Morgan fingerprint density at radius 2 is 2.18 bits per heavy atom. The van der Waals surface area contributed by atoms with Gasteiger partial charge in [-0.05, 0) is 38.9 Å². The first-order valence-electron chi connectivity index (χ1n) is 6.58. The fourth-order valence-electron chi connectivity index (χ4n) is 2.38. The maximum atomic E-state index is 4.08. The highest BCUT2D eigenvalue weighted by Gasteiger charge is 2.18. The molecule has 0 atom stereocenters. The predicted octanol–water partition coefficient (Wildman–Crippen LogP) is 0.779. The Labute approximate surface area is 103 Å². The number of hydrogen-bond donors (Lipinski definition) is 1. The minimum absolute atomic E-state index is 0.639. The highest BCUT2D eigenvalue weighted by atomic mass is 15.3. The van der Waals surface area contributed by atoms with Crippen LogP contribution in [0.2, 0.25) is 0 Å². The van der Waals surface area contributed by atoms with E-state index in [4.69, 9.17) is 0 Å². The van der Waals surface area contributed by atoms with Gasteiger partial charge in [-0.15, -0.1) is 10.2 Å². The summed E-state index contributed by atoms with van der Waals surface area (Å²) in [7, 11) is 1.99. The Hall–Kier alpha value is -0.940. The average Bonchev–Trinajstić information content (AvgIpc) is 2.75. The number of nitrogens with one attached hydrogen (secondary N) is 1. The van der Waals surface area contributed by atoms with E-state index < -0.39 is 0 Å². The summed E-state index contributed by atoms with van der Waals surface area (Å²) in [6.07, 6.45) is 5.51. The fourth-order valence-corrected chi connectivity index (χ4v) is 2.38. The monoisotopic (exact) mass is 237 g/mol. The van der Waals surface area contributed by atoms with Gasteiger partial charge in [0, 0.05) is 13.1 Å². The van der Waals surface area contributed by atoms with Gasteiger partial charge in [0.1, 0.15) is 12.2 Å². The molecule has 5 nitrogen and oxygen atoms in total. The van der Waals surface area contributed by atoms with E-state index in [9.17, 15) is 0 Å². The zero-order valence-electron chi connectivity index (χ0n) is 10.9. The molecule has 0 amide bonds. The molecule has 0 bridgehead atoms. The van der Waals surface area contributed by atoms with Crippen LogP contribution in [0, 0.1) is 0 Å². The summed E-state index contributed by atoms with van der Waals surface area (Å²) in [4.78, 5) is 2.56. The summed E-state index contributed by atoms with van der Waals surface area (Å²) >= 11 is 0. The molecule has 2 heterocycles. The number of nitrogens with zero attached hydrogens (tertiary/aromatic N) is 4. The van der Waals surface area contributed by atoms with Crippen LogP contribution in [-0.2, 0) is 13.6 Å². The minimum Gasteiger partial charge on any atom is -0.320 e. The first-order valence-corrected chi connectivity index (χ1v) is 6.58. The van der Waals surface area contributed by atoms with Crippen molar-refractivity contribution in [1.82, 2.24) is 25.0 Å². The van der Waals surface area contributed by atoms with Crippen molar-refractivity contribution in [3.05, 3.63) is 12.2 Å². The van der Waals surface area contributed by atoms with E-state index in [0.29, 0.717) is 6.04 Å². The van der Waals surface area contributed by atoms with Crippen LogP contribution in [0.25, 0.3) is 0 Å². The number of likely N-dealkylation sites (tertiary alicyclic amines) is 1. The van der Waals surface area contributed by atoms with Crippen molar-refractivity contribution in [3.8, 4) is 0 Å². The van der Waals surface area contributed by atoms with Crippen molar-refractivity contribution in [1.29, 1.82) is 0 Å². The number of piperidine rings is 1. The van der Waals surface area contributed by atoms with Crippen LogP contribution in [0.1, 0.15) is 32.0 Å². The van der Waals surface area contributed by atoms with Gasteiger partial charge in [-0.3, -0.25) is 0 Å². The molecule has 1 aliphatic heterocycles. The van der Waals surface area contributed by atoms with Gasteiger partial charge in [-0.1, -0.05) is 6.92 Å². The molecule has 5 heteroatoms. The first kappa shape index (κ1) is 12.5. The summed E-state index contributed by atoms with van der Waals surface area (Å²) in [5.74, 6) is 1.01. The van der Waals surface area contributed by atoms with E-state index in [2.05, 4.69) is 27.3 Å². The Morgan fingerprint density at radius 3 is 2.76 bits per heavy atom. The van der Waals surface area contributed by atoms with Crippen molar-refractivity contribution in [2.75, 3.05) is 19.6 Å². The number of aromatic nitrogens is 3. The van der Waals surface area contributed by atoms with Crippen LogP contribution >= 0.6 is 0 Å². The average molecular weight is 237 g/mol. The van der Waals surface area contributed by atoms with Crippen molar-refractivity contribution < 1.29 is 0 Å². The van der Waals surface area contributed by atoms with Gasteiger partial charge in [0.25, 0.3) is 0 Å². The molecule has 1 aromatic heterocycles. The molecule has 1 aliphatic rings. The molecule has 0 radical (unpaired) electrons. The fraction of sp³-hybridized carbons (Fsp3) is 0.833. The second kappa shape index (κ2) is 6.12. The van der Waals surface area contributed by atoms with Crippen LogP contribution < -0.4 is 5.32 Å². The maximum Gasteiger partial charge on any atom is 0.146 e. The summed E-state index contributed by atoms with van der Waals surface area (Å²) in [5, 5.41) is 11.5. The van der Waals surface area contributed by atoms with Crippen molar-refractivity contribution >= 4 is 0 Å². The molecule has 96 valence electrons. The van der Waals surface area contributed by atoms with Gasteiger partial charge >= 0.3 is 0 Å². The largest absolute Gasteiger partial charge is 0.320 e. The topological polar surface area (TPSA) is 46.0 Å². The SMILES string of the molecule is CCCN1CCC(NCc2nncn2C)CC1. The van der Waals surface area contributed by atoms with Gasteiger partial charge in [0.15, 0.2) is 0 Å². The normalized spacial score (nSPS) is 18.7. The molecule has 0 aliphatic carbocycles. The summed E-state index contributed by atoms with van der Waals surface area (Å²) in [6, 6.07) is 0.639. The smallest absolute Gasteiger partial charge is 0.146 e. The lowest BCUT2D eigenvalue weighted by Crippen LogP contribution is -2.42. The standard InChI is InChI=1S/C12H23N5/c1-3-6-17-7-4-11(5-8-17)13-9-12-15-14-10-16(12)2/h10-11,13H,3-9H2,1-2H3. The number of rotatable bonds is 5. The number of aryl methyl sites for hydroxylation is 1. The predicted molar refractivity (Wildman–Crippen MR) is 67.6 cm³/mol. The highest BCUT2D eigenvalue weighted by molar-refractivity contribution is 4.86. The van der Waals surface area contributed by atoms with Gasteiger partial charge in [0.05, 0.1) is 6.54 Å². The lowest BCUT2D eigenvalue weighted by atomic mass is 10.0. The number of hydrogen-bond acceptors (Lipinski definition) is 4. The van der Waals surface area contributed by atoms with Crippen LogP contribution in [0.15, 0.2) is 6.33 Å². The van der Waals surface area contributed by atoms with Crippen molar-refractivity contribution in [2.24, 2.45) is 7.05 Å². The molecule has 0 aromatic carbocycles. The summed E-state index contributed by atoms with van der Waals surface area (Å²) < 4.78 is 1.97. The second-order valence-electron chi connectivity index (χ2n) is 4.85. The zero-order valence-corrected chi connectivity index (χ0v) is 10.9. The molecular formula is C12H23N5. The third-order valence-electron chi connectivity index (χ3n) is 3.48. The molecule has 1 aromatic rings. The molecule has 0 spiro atoms. The quantitative estimate of drug-likeness (QED) is 0.822. The zero-order chi connectivity index (χ0) is 12.1. The van der Waals surface area contributed by atoms with Crippen LogP contribution in [0.5, 0.6) is 0 Å². The Morgan fingerprint density at radius 1 is 1.41 bits per heavy atom. The van der Waals surface area contributed by atoms with Crippen molar-refractivity contribution in [2.45, 2.75) is 38.8 Å². The highest BCUT2D eigenvalue weighted by Crippen LogP contribution is 2.10. The van der Waals surface area contributed by atoms with E-state index >= 15 is 0 Å². The van der Waals surface area contributed by atoms with Gasteiger partial charge < -0.3 is 14.8 Å². The van der Waals surface area contributed by atoms with E-state index in [1.807, 2.05) is 11.6 Å². The lowest BCUT2D eigenvalue weighted by Gasteiger charge is -2.32. The maximum absolute atomic E-state index is 4.08.